The topological polar surface area (TPSA) is 59.8 Å². The molecule has 1 aromatic rings. The van der Waals surface area contributed by atoms with Crippen LogP contribution in [0.3, 0.4) is 0 Å². The lowest BCUT2D eigenvalue weighted by Crippen LogP contribution is -3.12. The van der Waals surface area contributed by atoms with Gasteiger partial charge in [0.05, 0.1) is 25.3 Å². The highest BCUT2D eigenvalue weighted by molar-refractivity contribution is 7.17. The number of amides is 1. The molecule has 0 radical (unpaired) electrons. The standard InChI is InChI=1S/C17H26N2O3S/c1-4-19(5-2)11-14(20)18-16-15(17(21)22-6-3)12-9-7-8-10-13(12)23-16/h4-11H2,1-3H3,(H,18,20)/p+1. The van der Waals surface area contributed by atoms with Crippen molar-refractivity contribution in [1.82, 2.24) is 0 Å². The third kappa shape index (κ3) is 4.32. The number of carbonyl (C=O) groups excluding carboxylic acids is 2. The van der Waals surface area contributed by atoms with Gasteiger partial charge >= 0.3 is 5.97 Å². The molecule has 0 aromatic carbocycles. The predicted molar refractivity (Wildman–Crippen MR) is 92.5 cm³/mol. The van der Waals surface area contributed by atoms with Crippen LogP contribution in [-0.4, -0.2) is 38.1 Å². The van der Waals surface area contributed by atoms with E-state index in [1.807, 2.05) is 0 Å². The van der Waals surface area contributed by atoms with E-state index < -0.39 is 0 Å². The number of thiophene rings is 1. The van der Waals surface area contributed by atoms with E-state index in [0.717, 1.165) is 44.3 Å². The number of aryl methyl sites for hydroxylation is 1. The van der Waals surface area contributed by atoms with Crippen LogP contribution in [0.25, 0.3) is 0 Å². The lowest BCUT2D eigenvalue weighted by atomic mass is 9.95. The van der Waals surface area contributed by atoms with Crippen molar-refractivity contribution in [2.75, 3.05) is 31.6 Å². The minimum absolute atomic E-state index is 0.0344. The first-order chi connectivity index (χ1) is 11.1. The summed E-state index contributed by atoms with van der Waals surface area (Å²) in [5.74, 6) is -0.342. The lowest BCUT2D eigenvalue weighted by Gasteiger charge is -2.15. The molecule has 6 heteroatoms. The molecule has 0 bridgehead atoms. The summed E-state index contributed by atoms with van der Waals surface area (Å²) >= 11 is 1.54. The van der Waals surface area contributed by atoms with Crippen LogP contribution < -0.4 is 10.2 Å². The molecule has 1 heterocycles. The highest BCUT2D eigenvalue weighted by Gasteiger charge is 2.27. The number of esters is 1. The predicted octanol–water partition coefficient (Wildman–Crippen LogP) is 1.67. The number of hydrogen-bond acceptors (Lipinski definition) is 4. The molecule has 0 atom stereocenters. The Hall–Kier alpha value is -1.40. The molecule has 0 unspecified atom stereocenters. The van der Waals surface area contributed by atoms with Crippen LogP contribution in [0.1, 0.15) is 54.4 Å². The van der Waals surface area contributed by atoms with Crippen molar-refractivity contribution >= 4 is 28.2 Å². The minimum Gasteiger partial charge on any atom is -0.462 e. The van der Waals surface area contributed by atoms with Gasteiger partial charge in [-0.2, -0.15) is 0 Å². The van der Waals surface area contributed by atoms with Gasteiger partial charge in [0.25, 0.3) is 5.91 Å². The summed E-state index contributed by atoms with van der Waals surface area (Å²) in [6, 6.07) is 0. The van der Waals surface area contributed by atoms with Crippen LogP contribution in [0.5, 0.6) is 0 Å². The second kappa shape index (κ2) is 8.45. The van der Waals surface area contributed by atoms with Gasteiger partial charge in [-0.05, 0) is 52.0 Å². The van der Waals surface area contributed by atoms with E-state index in [0.29, 0.717) is 23.7 Å². The van der Waals surface area contributed by atoms with Crippen LogP contribution in [0.2, 0.25) is 0 Å². The van der Waals surface area contributed by atoms with E-state index in [9.17, 15) is 9.59 Å². The molecule has 0 saturated heterocycles. The molecule has 1 aliphatic carbocycles. The molecule has 0 saturated carbocycles. The molecule has 0 spiro atoms. The number of nitrogens with one attached hydrogen (secondary N) is 2. The summed E-state index contributed by atoms with van der Waals surface area (Å²) in [5.41, 5.74) is 1.68. The van der Waals surface area contributed by atoms with Crippen LogP contribution in [0.4, 0.5) is 5.00 Å². The Bertz CT molecular complexity index is 564. The van der Waals surface area contributed by atoms with Crippen molar-refractivity contribution in [3.05, 3.63) is 16.0 Å². The first kappa shape index (κ1) is 17.9. The number of rotatable bonds is 7. The quantitative estimate of drug-likeness (QED) is 0.743. The fraction of sp³-hybridized carbons (Fsp3) is 0.647. The van der Waals surface area contributed by atoms with E-state index in [4.69, 9.17) is 4.74 Å². The first-order valence-electron chi connectivity index (χ1n) is 8.55. The maximum Gasteiger partial charge on any atom is 0.341 e. The third-order valence-corrected chi connectivity index (χ3v) is 5.52. The van der Waals surface area contributed by atoms with E-state index in [1.54, 1.807) is 18.3 Å². The number of ether oxygens (including phenoxy) is 1. The third-order valence-electron chi connectivity index (χ3n) is 4.31. The average Bonchev–Trinajstić information content (AvgIpc) is 2.90. The lowest BCUT2D eigenvalue weighted by molar-refractivity contribution is -0.888. The fourth-order valence-electron chi connectivity index (χ4n) is 2.97. The van der Waals surface area contributed by atoms with Crippen LogP contribution >= 0.6 is 11.3 Å². The first-order valence-corrected chi connectivity index (χ1v) is 9.37. The van der Waals surface area contributed by atoms with Gasteiger partial charge in [-0.25, -0.2) is 4.79 Å². The van der Waals surface area contributed by atoms with Gasteiger partial charge in [0.2, 0.25) is 0 Å². The number of anilines is 1. The van der Waals surface area contributed by atoms with E-state index in [2.05, 4.69) is 19.2 Å². The molecule has 1 aromatic heterocycles. The summed E-state index contributed by atoms with van der Waals surface area (Å²) in [7, 11) is 0. The molecular formula is C17H27N2O3S+. The molecule has 1 amide bonds. The van der Waals surface area contributed by atoms with Gasteiger partial charge in [0, 0.05) is 4.88 Å². The Morgan fingerprint density at radius 2 is 1.87 bits per heavy atom. The Labute approximate surface area is 142 Å². The van der Waals surface area contributed by atoms with Gasteiger partial charge in [-0.3, -0.25) is 4.79 Å². The summed E-state index contributed by atoms with van der Waals surface area (Å²) in [5, 5.41) is 3.64. The molecule has 23 heavy (non-hydrogen) atoms. The zero-order chi connectivity index (χ0) is 16.8. The van der Waals surface area contributed by atoms with Crippen LogP contribution in [0, 0.1) is 0 Å². The highest BCUT2D eigenvalue weighted by Crippen LogP contribution is 2.38. The molecule has 0 aliphatic heterocycles. The van der Waals surface area contributed by atoms with E-state index in [-0.39, 0.29) is 11.9 Å². The largest absolute Gasteiger partial charge is 0.462 e. The van der Waals surface area contributed by atoms with Crippen molar-refractivity contribution in [2.24, 2.45) is 0 Å². The van der Waals surface area contributed by atoms with Crippen LogP contribution in [0.15, 0.2) is 0 Å². The second-order valence-electron chi connectivity index (χ2n) is 5.82. The number of likely N-dealkylation sites (N-methyl/N-ethyl adjacent to an activating group) is 1. The molecule has 2 N–H and O–H groups in total. The van der Waals surface area contributed by atoms with Gasteiger partial charge < -0.3 is 15.0 Å². The fourth-order valence-corrected chi connectivity index (χ4v) is 4.26. The molecule has 1 aliphatic rings. The average molecular weight is 339 g/mol. The van der Waals surface area contributed by atoms with Gasteiger partial charge in [0.1, 0.15) is 5.00 Å². The van der Waals surface area contributed by atoms with Gasteiger partial charge in [-0.15, -0.1) is 11.3 Å². The molecule has 2 rings (SSSR count). The minimum atomic E-state index is -0.308. The second-order valence-corrected chi connectivity index (χ2v) is 6.92. The smallest absolute Gasteiger partial charge is 0.341 e. The van der Waals surface area contributed by atoms with Crippen LogP contribution in [-0.2, 0) is 22.4 Å². The van der Waals surface area contributed by atoms with Crippen molar-refractivity contribution in [2.45, 2.75) is 46.5 Å². The highest BCUT2D eigenvalue weighted by atomic mass is 32.1. The number of quaternary nitrogens is 1. The number of hydrogen-bond donors (Lipinski definition) is 2. The maximum atomic E-state index is 12.3. The Morgan fingerprint density at radius 1 is 1.17 bits per heavy atom. The summed E-state index contributed by atoms with van der Waals surface area (Å²) in [6.07, 6.45) is 4.13. The Morgan fingerprint density at radius 3 is 2.52 bits per heavy atom. The van der Waals surface area contributed by atoms with E-state index >= 15 is 0 Å². The monoisotopic (exact) mass is 339 g/mol. The van der Waals surface area contributed by atoms with E-state index in [1.165, 1.54) is 9.78 Å². The molecule has 0 fully saturated rings. The Kier molecular flexibility index (Phi) is 6.59. The van der Waals surface area contributed by atoms with Crippen molar-refractivity contribution in [1.29, 1.82) is 0 Å². The number of fused-ring (bicyclic) bond motifs is 1. The van der Waals surface area contributed by atoms with Gasteiger partial charge in [0.15, 0.2) is 6.54 Å². The molecule has 5 nitrogen and oxygen atoms in total. The summed E-state index contributed by atoms with van der Waals surface area (Å²) in [6.45, 7) is 8.54. The van der Waals surface area contributed by atoms with Gasteiger partial charge in [-0.1, -0.05) is 0 Å². The summed E-state index contributed by atoms with van der Waals surface area (Å²) < 4.78 is 5.21. The number of carbonyl (C=O) groups is 2. The normalized spacial score (nSPS) is 13.7. The SMILES string of the molecule is CCOC(=O)c1c(NC(=O)C[NH+](CC)CC)sc2c1CCCC2. The summed E-state index contributed by atoms with van der Waals surface area (Å²) in [4.78, 5) is 27.1. The Balaban J connectivity index is 2.21. The zero-order valence-electron chi connectivity index (χ0n) is 14.3. The van der Waals surface area contributed by atoms with Crippen molar-refractivity contribution in [3.8, 4) is 0 Å². The van der Waals surface area contributed by atoms with Crippen molar-refractivity contribution in [3.63, 3.8) is 0 Å². The maximum absolute atomic E-state index is 12.3. The van der Waals surface area contributed by atoms with Crippen molar-refractivity contribution < 1.29 is 19.2 Å². The molecular weight excluding hydrogens is 312 g/mol. The molecule has 128 valence electrons. The zero-order valence-corrected chi connectivity index (χ0v) is 15.1.